The number of likely N-dealkylation sites (N-methyl/N-ethyl adjacent to an activating group) is 1. The predicted octanol–water partition coefficient (Wildman–Crippen LogP) is 2.69. The number of methoxy groups -OCH3 is 1. The van der Waals surface area contributed by atoms with E-state index in [0.29, 0.717) is 24.8 Å². The van der Waals surface area contributed by atoms with E-state index in [9.17, 15) is 8.78 Å². The van der Waals surface area contributed by atoms with Gasteiger partial charge in [0.05, 0.1) is 6.61 Å². The molecule has 1 atom stereocenters. The third-order valence-corrected chi connectivity index (χ3v) is 3.67. The molecule has 0 aliphatic heterocycles. The van der Waals surface area contributed by atoms with Gasteiger partial charge in [0.25, 0.3) is 0 Å². The first-order valence-corrected chi connectivity index (χ1v) is 6.96. The first kappa shape index (κ1) is 15.2. The number of hydrogen-bond donors (Lipinski definition) is 1. The van der Waals surface area contributed by atoms with Gasteiger partial charge in [0, 0.05) is 32.8 Å². The van der Waals surface area contributed by atoms with Crippen molar-refractivity contribution in [1.82, 2.24) is 5.32 Å². The van der Waals surface area contributed by atoms with Crippen molar-refractivity contribution < 1.29 is 13.5 Å². The first-order valence-electron chi connectivity index (χ1n) is 6.96. The average Bonchev–Trinajstić information content (AvgIpc) is 3.19. The molecule has 1 saturated carbocycles. The molecule has 1 aromatic rings. The summed E-state index contributed by atoms with van der Waals surface area (Å²) in [4.78, 5) is 1.58. The van der Waals surface area contributed by atoms with Gasteiger partial charge >= 0.3 is 0 Å². The van der Waals surface area contributed by atoms with Crippen LogP contribution in [0.3, 0.4) is 0 Å². The molecule has 0 heterocycles. The van der Waals surface area contributed by atoms with E-state index in [1.807, 2.05) is 6.92 Å². The lowest BCUT2D eigenvalue weighted by molar-refractivity contribution is 0.183. The minimum absolute atomic E-state index is 0.00437. The lowest BCUT2D eigenvalue weighted by Gasteiger charge is -2.27. The number of hydrogen-bond acceptors (Lipinski definition) is 3. The molecule has 0 spiro atoms. The Morgan fingerprint density at radius 1 is 1.35 bits per heavy atom. The number of ether oxygens (including phenoxy) is 1. The monoisotopic (exact) mass is 284 g/mol. The Kier molecular flexibility index (Phi) is 4.94. The van der Waals surface area contributed by atoms with Crippen molar-refractivity contribution in [2.24, 2.45) is 0 Å². The van der Waals surface area contributed by atoms with Crippen molar-refractivity contribution in [3.63, 3.8) is 0 Å². The Hall–Kier alpha value is -1.20. The summed E-state index contributed by atoms with van der Waals surface area (Å²) in [5.74, 6) is -1.05. The second-order valence-electron chi connectivity index (χ2n) is 5.48. The number of nitrogens with one attached hydrogen (secondary N) is 1. The number of anilines is 1. The van der Waals surface area contributed by atoms with E-state index >= 15 is 0 Å². The standard InChI is InChI=1S/C15H22F2N2O/c1-10(9-20-3)19(2)15-13(16)6-11(7-14(15)17)8-18-12-4-5-12/h6-7,10,12,18H,4-5,8-9H2,1-3H3. The molecule has 3 nitrogen and oxygen atoms in total. The normalized spacial score (nSPS) is 16.2. The van der Waals surface area contributed by atoms with Crippen molar-refractivity contribution in [2.75, 3.05) is 25.7 Å². The molecule has 1 N–H and O–H groups in total. The Labute approximate surface area is 118 Å². The molecular formula is C15H22F2N2O. The number of halogens is 2. The van der Waals surface area contributed by atoms with Crippen molar-refractivity contribution in [2.45, 2.75) is 38.4 Å². The highest BCUT2D eigenvalue weighted by atomic mass is 19.1. The van der Waals surface area contributed by atoms with Gasteiger partial charge in [0.15, 0.2) is 0 Å². The van der Waals surface area contributed by atoms with Crippen LogP contribution >= 0.6 is 0 Å². The van der Waals surface area contributed by atoms with Crippen LogP contribution in [0, 0.1) is 11.6 Å². The molecule has 2 rings (SSSR count). The largest absolute Gasteiger partial charge is 0.383 e. The minimum Gasteiger partial charge on any atom is -0.383 e. The Morgan fingerprint density at radius 2 is 1.95 bits per heavy atom. The SMILES string of the molecule is COCC(C)N(C)c1c(F)cc(CNC2CC2)cc1F. The van der Waals surface area contributed by atoms with Gasteiger partial charge in [-0.05, 0) is 37.5 Å². The van der Waals surface area contributed by atoms with Crippen LogP contribution in [0.15, 0.2) is 12.1 Å². The van der Waals surface area contributed by atoms with Crippen LogP contribution in [0.1, 0.15) is 25.3 Å². The molecule has 0 amide bonds. The summed E-state index contributed by atoms with van der Waals surface area (Å²) in [6, 6.07) is 3.23. The molecule has 1 fully saturated rings. The summed E-state index contributed by atoms with van der Waals surface area (Å²) in [7, 11) is 3.25. The van der Waals surface area contributed by atoms with E-state index in [4.69, 9.17) is 4.74 Å². The molecule has 112 valence electrons. The molecular weight excluding hydrogens is 262 g/mol. The summed E-state index contributed by atoms with van der Waals surface area (Å²) in [5, 5.41) is 3.25. The van der Waals surface area contributed by atoms with Crippen LogP contribution in [0.4, 0.5) is 14.5 Å². The van der Waals surface area contributed by atoms with Crippen LogP contribution in [-0.4, -0.2) is 32.8 Å². The molecule has 0 bridgehead atoms. The van der Waals surface area contributed by atoms with E-state index in [0.717, 1.165) is 12.8 Å². The van der Waals surface area contributed by atoms with E-state index < -0.39 is 11.6 Å². The molecule has 5 heteroatoms. The molecule has 1 aliphatic carbocycles. The van der Waals surface area contributed by atoms with Crippen LogP contribution < -0.4 is 10.2 Å². The fraction of sp³-hybridized carbons (Fsp3) is 0.600. The second kappa shape index (κ2) is 6.50. The van der Waals surface area contributed by atoms with Crippen molar-refractivity contribution >= 4 is 5.69 Å². The topological polar surface area (TPSA) is 24.5 Å². The third kappa shape index (κ3) is 3.67. The van der Waals surface area contributed by atoms with Gasteiger partial charge in [-0.25, -0.2) is 8.78 Å². The second-order valence-corrected chi connectivity index (χ2v) is 5.48. The number of benzene rings is 1. The highest BCUT2D eigenvalue weighted by molar-refractivity contribution is 5.51. The Bertz CT molecular complexity index is 440. The Balaban J connectivity index is 2.12. The molecule has 0 radical (unpaired) electrons. The first-order chi connectivity index (χ1) is 9.52. The number of nitrogens with zero attached hydrogens (tertiary/aromatic N) is 1. The van der Waals surface area contributed by atoms with E-state index in [-0.39, 0.29) is 11.7 Å². The summed E-state index contributed by atoms with van der Waals surface area (Å²) >= 11 is 0. The summed E-state index contributed by atoms with van der Waals surface area (Å²) < 4.78 is 33.3. The van der Waals surface area contributed by atoms with E-state index in [2.05, 4.69) is 5.32 Å². The van der Waals surface area contributed by atoms with Crippen LogP contribution in [0.25, 0.3) is 0 Å². The Morgan fingerprint density at radius 3 is 2.45 bits per heavy atom. The van der Waals surface area contributed by atoms with Gasteiger partial charge in [-0.2, -0.15) is 0 Å². The molecule has 1 aliphatic rings. The fourth-order valence-electron chi connectivity index (χ4n) is 2.18. The lowest BCUT2D eigenvalue weighted by atomic mass is 10.1. The summed E-state index contributed by atoms with van der Waals surface area (Å²) in [5.41, 5.74) is 0.646. The summed E-state index contributed by atoms with van der Waals surface area (Å²) in [6.45, 7) is 2.79. The molecule has 20 heavy (non-hydrogen) atoms. The zero-order chi connectivity index (χ0) is 14.7. The minimum atomic E-state index is -0.525. The van der Waals surface area contributed by atoms with Gasteiger partial charge in [0.1, 0.15) is 17.3 Å². The highest BCUT2D eigenvalue weighted by Crippen LogP contribution is 2.26. The maximum absolute atomic E-state index is 14.2. The van der Waals surface area contributed by atoms with Gasteiger partial charge in [-0.3, -0.25) is 0 Å². The highest BCUT2D eigenvalue weighted by Gasteiger charge is 2.22. The lowest BCUT2D eigenvalue weighted by Crippen LogP contribution is -2.34. The molecule has 0 saturated heterocycles. The summed E-state index contributed by atoms with van der Waals surface area (Å²) in [6.07, 6.45) is 2.31. The van der Waals surface area contributed by atoms with Crippen molar-refractivity contribution in [3.8, 4) is 0 Å². The van der Waals surface area contributed by atoms with E-state index in [1.165, 1.54) is 12.1 Å². The number of rotatable bonds is 7. The quantitative estimate of drug-likeness (QED) is 0.833. The van der Waals surface area contributed by atoms with Crippen molar-refractivity contribution in [1.29, 1.82) is 0 Å². The average molecular weight is 284 g/mol. The molecule has 1 unspecified atom stereocenters. The molecule has 0 aromatic heterocycles. The van der Waals surface area contributed by atoms with Gasteiger partial charge in [-0.1, -0.05) is 0 Å². The maximum Gasteiger partial charge on any atom is 0.149 e. The predicted molar refractivity (Wildman–Crippen MR) is 76.0 cm³/mol. The van der Waals surface area contributed by atoms with Gasteiger partial charge in [0.2, 0.25) is 0 Å². The van der Waals surface area contributed by atoms with Crippen LogP contribution in [0.5, 0.6) is 0 Å². The van der Waals surface area contributed by atoms with Crippen LogP contribution in [-0.2, 0) is 11.3 Å². The van der Waals surface area contributed by atoms with Crippen molar-refractivity contribution in [3.05, 3.63) is 29.3 Å². The van der Waals surface area contributed by atoms with E-state index in [1.54, 1.807) is 19.1 Å². The maximum atomic E-state index is 14.2. The van der Waals surface area contributed by atoms with Crippen LogP contribution in [0.2, 0.25) is 0 Å². The zero-order valence-corrected chi connectivity index (χ0v) is 12.2. The third-order valence-electron chi connectivity index (χ3n) is 3.67. The zero-order valence-electron chi connectivity index (χ0n) is 12.2. The van der Waals surface area contributed by atoms with Gasteiger partial charge < -0.3 is 15.0 Å². The van der Waals surface area contributed by atoms with Gasteiger partial charge in [-0.15, -0.1) is 0 Å². The molecule has 1 aromatic carbocycles. The fourth-order valence-corrected chi connectivity index (χ4v) is 2.18. The smallest absolute Gasteiger partial charge is 0.149 e.